The fourth-order valence-corrected chi connectivity index (χ4v) is 3.43. The summed E-state index contributed by atoms with van der Waals surface area (Å²) < 4.78 is 32.2. The van der Waals surface area contributed by atoms with Crippen LogP contribution in [0.15, 0.2) is 59.5 Å². The van der Waals surface area contributed by atoms with Crippen molar-refractivity contribution in [3.05, 3.63) is 60.2 Å². The van der Waals surface area contributed by atoms with E-state index >= 15 is 0 Å². The summed E-state index contributed by atoms with van der Waals surface area (Å²) >= 11 is 0. The van der Waals surface area contributed by atoms with Gasteiger partial charge < -0.3 is 15.8 Å². The van der Waals surface area contributed by atoms with E-state index in [0.29, 0.717) is 12.4 Å². The van der Waals surface area contributed by atoms with E-state index in [1.54, 1.807) is 12.1 Å². The lowest BCUT2D eigenvalue weighted by atomic mass is 10.1. The lowest BCUT2D eigenvalue weighted by molar-refractivity contribution is -0.121. The molecule has 0 heterocycles. The predicted octanol–water partition coefficient (Wildman–Crippen LogP) is 1.57. The van der Waals surface area contributed by atoms with Gasteiger partial charge in [-0.15, -0.1) is 0 Å². The first-order chi connectivity index (χ1) is 12.9. The third-order valence-electron chi connectivity index (χ3n) is 3.84. The molecule has 0 radical (unpaired) electrons. The van der Waals surface area contributed by atoms with Gasteiger partial charge in [0.1, 0.15) is 5.75 Å². The topological polar surface area (TPSA) is 111 Å². The smallest absolute Gasteiger partial charge is 0.240 e. The highest BCUT2D eigenvalue weighted by molar-refractivity contribution is 7.89. The number of carbonyl (C=O) groups excluding carboxylic acids is 1. The molecule has 1 amide bonds. The molecule has 2 aromatic carbocycles. The third kappa shape index (κ3) is 6.67. The van der Waals surface area contributed by atoms with E-state index in [1.807, 2.05) is 37.3 Å². The lowest BCUT2D eigenvalue weighted by Gasteiger charge is -2.13. The summed E-state index contributed by atoms with van der Waals surface area (Å²) in [7, 11) is -3.67. The maximum absolute atomic E-state index is 12.2. The van der Waals surface area contributed by atoms with Gasteiger partial charge in [-0.25, -0.2) is 13.1 Å². The molecular formula is C19H25N3O4S. The van der Waals surface area contributed by atoms with Crippen LogP contribution in [0.5, 0.6) is 5.75 Å². The van der Waals surface area contributed by atoms with Gasteiger partial charge in [-0.05, 0) is 36.8 Å². The standard InChI is InChI=1S/C19H25N3O4S/c1-2-26-16-8-10-17(11-9-16)27(24,25)22-13-12-19(23)21-14-18(20)15-6-4-3-5-7-15/h3-11,18,22H,2,12-14,20H2,1H3,(H,21,23). The highest BCUT2D eigenvalue weighted by Crippen LogP contribution is 2.15. The number of nitrogens with two attached hydrogens (primary N) is 1. The molecule has 2 aromatic rings. The first-order valence-corrected chi connectivity index (χ1v) is 10.2. The molecule has 0 aliphatic rings. The summed E-state index contributed by atoms with van der Waals surface area (Å²) in [5.41, 5.74) is 6.94. The van der Waals surface area contributed by atoms with Crippen LogP contribution in [-0.2, 0) is 14.8 Å². The number of hydrogen-bond acceptors (Lipinski definition) is 5. The Hall–Kier alpha value is -2.42. The van der Waals surface area contributed by atoms with Crippen molar-refractivity contribution < 1.29 is 17.9 Å². The van der Waals surface area contributed by atoms with Gasteiger partial charge in [0.25, 0.3) is 0 Å². The molecule has 0 fully saturated rings. The first kappa shape index (κ1) is 20.9. The zero-order valence-corrected chi connectivity index (χ0v) is 16.0. The Morgan fingerprint density at radius 3 is 2.41 bits per heavy atom. The van der Waals surface area contributed by atoms with Crippen molar-refractivity contribution in [3.8, 4) is 5.75 Å². The molecule has 0 saturated heterocycles. The van der Waals surface area contributed by atoms with E-state index < -0.39 is 10.0 Å². The van der Waals surface area contributed by atoms with Gasteiger partial charge in [-0.1, -0.05) is 30.3 Å². The number of hydrogen-bond donors (Lipinski definition) is 3. The number of benzene rings is 2. The second-order valence-electron chi connectivity index (χ2n) is 5.87. The number of amides is 1. The molecule has 1 atom stereocenters. The van der Waals surface area contributed by atoms with Crippen molar-refractivity contribution in [2.24, 2.45) is 5.73 Å². The molecule has 146 valence electrons. The van der Waals surface area contributed by atoms with E-state index in [9.17, 15) is 13.2 Å². The van der Waals surface area contributed by atoms with Gasteiger partial charge >= 0.3 is 0 Å². The highest BCUT2D eigenvalue weighted by atomic mass is 32.2. The van der Waals surface area contributed by atoms with Crippen LogP contribution in [0, 0.1) is 0 Å². The molecule has 1 unspecified atom stereocenters. The molecule has 27 heavy (non-hydrogen) atoms. The van der Waals surface area contributed by atoms with Crippen LogP contribution in [0.1, 0.15) is 24.9 Å². The quantitative estimate of drug-likeness (QED) is 0.569. The van der Waals surface area contributed by atoms with E-state index in [4.69, 9.17) is 10.5 Å². The van der Waals surface area contributed by atoms with Crippen LogP contribution in [-0.4, -0.2) is 34.0 Å². The van der Waals surface area contributed by atoms with Crippen LogP contribution in [0.3, 0.4) is 0 Å². The zero-order chi connectivity index (χ0) is 19.7. The van der Waals surface area contributed by atoms with Crippen molar-refractivity contribution in [2.75, 3.05) is 19.7 Å². The van der Waals surface area contributed by atoms with Gasteiger partial charge in [0.05, 0.1) is 11.5 Å². The Morgan fingerprint density at radius 1 is 1.11 bits per heavy atom. The Morgan fingerprint density at radius 2 is 1.78 bits per heavy atom. The number of sulfonamides is 1. The average molecular weight is 391 g/mol. The zero-order valence-electron chi connectivity index (χ0n) is 15.2. The molecule has 0 bridgehead atoms. The highest BCUT2D eigenvalue weighted by Gasteiger charge is 2.14. The molecule has 0 aliphatic carbocycles. The molecule has 0 spiro atoms. The summed E-state index contributed by atoms with van der Waals surface area (Å²) in [5.74, 6) is 0.335. The Labute approximate surface area is 160 Å². The number of nitrogens with one attached hydrogen (secondary N) is 2. The number of rotatable bonds is 10. The summed E-state index contributed by atoms with van der Waals surface area (Å²) in [6.07, 6.45) is 0.0256. The van der Waals surface area contributed by atoms with Crippen LogP contribution in [0.2, 0.25) is 0 Å². The predicted molar refractivity (Wildman–Crippen MR) is 104 cm³/mol. The van der Waals surface area contributed by atoms with E-state index in [-0.39, 0.29) is 36.4 Å². The van der Waals surface area contributed by atoms with E-state index in [0.717, 1.165) is 5.56 Å². The van der Waals surface area contributed by atoms with Gasteiger partial charge in [0, 0.05) is 25.6 Å². The minimum Gasteiger partial charge on any atom is -0.494 e. The second-order valence-corrected chi connectivity index (χ2v) is 7.64. The molecule has 0 aromatic heterocycles. The summed E-state index contributed by atoms with van der Waals surface area (Å²) in [4.78, 5) is 12.0. The Bertz CT molecular complexity index is 824. The van der Waals surface area contributed by atoms with Gasteiger partial charge in [0.2, 0.25) is 15.9 Å². The number of ether oxygens (including phenoxy) is 1. The molecule has 8 heteroatoms. The van der Waals surface area contributed by atoms with Crippen molar-refractivity contribution in [1.29, 1.82) is 0 Å². The SMILES string of the molecule is CCOc1ccc(S(=O)(=O)NCCC(=O)NCC(N)c2ccccc2)cc1. The normalized spacial score (nSPS) is 12.4. The van der Waals surface area contributed by atoms with Crippen LogP contribution >= 0.6 is 0 Å². The largest absolute Gasteiger partial charge is 0.494 e. The van der Waals surface area contributed by atoms with Crippen molar-refractivity contribution >= 4 is 15.9 Å². The minimum atomic E-state index is -3.67. The molecule has 4 N–H and O–H groups in total. The van der Waals surface area contributed by atoms with E-state index in [2.05, 4.69) is 10.0 Å². The maximum Gasteiger partial charge on any atom is 0.240 e. The molecule has 0 aliphatic heterocycles. The molecule has 2 rings (SSSR count). The third-order valence-corrected chi connectivity index (χ3v) is 5.31. The van der Waals surface area contributed by atoms with Crippen LogP contribution < -0.4 is 20.5 Å². The van der Waals surface area contributed by atoms with Gasteiger partial charge in [-0.2, -0.15) is 0 Å². The van der Waals surface area contributed by atoms with Crippen molar-refractivity contribution in [3.63, 3.8) is 0 Å². The van der Waals surface area contributed by atoms with Gasteiger partial charge in [-0.3, -0.25) is 4.79 Å². The number of carbonyl (C=O) groups is 1. The minimum absolute atomic E-state index is 0.00194. The monoisotopic (exact) mass is 391 g/mol. The van der Waals surface area contributed by atoms with Crippen LogP contribution in [0.25, 0.3) is 0 Å². The summed E-state index contributed by atoms with van der Waals surface area (Å²) in [5, 5.41) is 2.71. The second kappa shape index (κ2) is 10.1. The average Bonchev–Trinajstić information content (AvgIpc) is 2.67. The van der Waals surface area contributed by atoms with Crippen molar-refractivity contribution in [1.82, 2.24) is 10.0 Å². The molecular weight excluding hydrogens is 366 g/mol. The first-order valence-electron chi connectivity index (χ1n) is 8.72. The van der Waals surface area contributed by atoms with E-state index in [1.165, 1.54) is 12.1 Å². The van der Waals surface area contributed by atoms with Crippen molar-refractivity contribution in [2.45, 2.75) is 24.3 Å². The fraction of sp³-hybridized carbons (Fsp3) is 0.316. The summed E-state index contributed by atoms with van der Waals surface area (Å²) in [6, 6.07) is 15.2. The Kier molecular flexibility index (Phi) is 7.78. The molecule has 7 nitrogen and oxygen atoms in total. The fourth-order valence-electron chi connectivity index (χ4n) is 2.39. The molecule has 0 saturated carbocycles. The van der Waals surface area contributed by atoms with Crippen LogP contribution in [0.4, 0.5) is 0 Å². The maximum atomic E-state index is 12.2. The Balaban J connectivity index is 1.76. The summed E-state index contributed by atoms with van der Waals surface area (Å²) in [6.45, 7) is 2.65. The van der Waals surface area contributed by atoms with Gasteiger partial charge in [0.15, 0.2) is 0 Å². The lowest BCUT2D eigenvalue weighted by Crippen LogP contribution is -2.34.